The minimum absolute atomic E-state index is 0.00235. The lowest BCUT2D eigenvalue weighted by atomic mass is 10.2. The SMILES string of the molecule is CCOC(=O)c1ccc(Nc2ncnc(NN(c3ccccc3)c3ccccc3)c2[N+](=O)[O-])cc1. The molecule has 0 aliphatic rings. The highest BCUT2D eigenvalue weighted by Gasteiger charge is 2.25. The first-order valence-corrected chi connectivity index (χ1v) is 10.8. The predicted octanol–water partition coefficient (Wildman–Crippen LogP) is 5.47. The lowest BCUT2D eigenvalue weighted by molar-refractivity contribution is -0.383. The third-order valence-electron chi connectivity index (χ3n) is 4.91. The highest BCUT2D eigenvalue weighted by atomic mass is 16.6. The number of esters is 1. The van der Waals surface area contributed by atoms with Crippen LogP contribution in [0.2, 0.25) is 0 Å². The third-order valence-corrected chi connectivity index (χ3v) is 4.91. The summed E-state index contributed by atoms with van der Waals surface area (Å²) < 4.78 is 4.98. The largest absolute Gasteiger partial charge is 0.462 e. The molecule has 3 aromatic carbocycles. The van der Waals surface area contributed by atoms with Crippen LogP contribution in [0, 0.1) is 10.1 Å². The zero-order valence-electron chi connectivity index (χ0n) is 18.8. The lowest BCUT2D eigenvalue weighted by Crippen LogP contribution is -2.26. The van der Waals surface area contributed by atoms with E-state index >= 15 is 0 Å². The molecule has 0 saturated carbocycles. The number of anilines is 5. The van der Waals surface area contributed by atoms with E-state index in [1.54, 1.807) is 36.2 Å². The van der Waals surface area contributed by atoms with Crippen LogP contribution < -0.4 is 15.8 Å². The maximum absolute atomic E-state index is 12.1. The van der Waals surface area contributed by atoms with Gasteiger partial charge in [0.1, 0.15) is 6.33 Å². The van der Waals surface area contributed by atoms with Gasteiger partial charge in [0.25, 0.3) is 0 Å². The van der Waals surface area contributed by atoms with Crippen LogP contribution in [0.4, 0.5) is 34.4 Å². The van der Waals surface area contributed by atoms with Crippen LogP contribution in [-0.4, -0.2) is 27.5 Å². The molecule has 0 spiro atoms. The van der Waals surface area contributed by atoms with Crippen LogP contribution in [0.3, 0.4) is 0 Å². The van der Waals surface area contributed by atoms with Gasteiger partial charge in [-0.1, -0.05) is 36.4 Å². The Bertz CT molecular complexity index is 1260. The Labute approximate surface area is 201 Å². The van der Waals surface area contributed by atoms with Crippen LogP contribution in [0.1, 0.15) is 17.3 Å². The van der Waals surface area contributed by atoms with E-state index in [1.807, 2.05) is 60.7 Å². The van der Waals surface area contributed by atoms with Gasteiger partial charge in [-0.25, -0.2) is 14.8 Å². The van der Waals surface area contributed by atoms with Crippen LogP contribution in [0.5, 0.6) is 0 Å². The summed E-state index contributed by atoms with van der Waals surface area (Å²) in [5.41, 5.74) is 5.13. The summed E-state index contributed by atoms with van der Waals surface area (Å²) in [6.07, 6.45) is 1.23. The van der Waals surface area contributed by atoms with Crippen LogP contribution in [0.15, 0.2) is 91.3 Å². The van der Waals surface area contributed by atoms with Crippen molar-refractivity contribution in [2.45, 2.75) is 6.92 Å². The van der Waals surface area contributed by atoms with E-state index in [2.05, 4.69) is 20.7 Å². The smallest absolute Gasteiger partial charge is 0.355 e. The molecule has 0 atom stereocenters. The minimum atomic E-state index is -0.550. The zero-order valence-corrected chi connectivity index (χ0v) is 18.8. The van der Waals surface area contributed by atoms with Crippen molar-refractivity contribution in [2.75, 3.05) is 22.4 Å². The molecule has 0 fully saturated rings. The molecule has 35 heavy (non-hydrogen) atoms. The van der Waals surface area contributed by atoms with Crippen molar-refractivity contribution in [1.29, 1.82) is 0 Å². The van der Waals surface area contributed by atoms with Gasteiger partial charge in [-0.15, -0.1) is 0 Å². The van der Waals surface area contributed by atoms with Gasteiger partial charge in [-0.3, -0.25) is 20.5 Å². The van der Waals surface area contributed by atoms with Crippen molar-refractivity contribution in [1.82, 2.24) is 9.97 Å². The molecule has 0 unspecified atom stereocenters. The Morgan fingerprint density at radius 2 is 1.49 bits per heavy atom. The van der Waals surface area contributed by atoms with Crippen molar-refractivity contribution >= 4 is 40.4 Å². The maximum atomic E-state index is 12.1. The van der Waals surface area contributed by atoms with Crippen molar-refractivity contribution in [3.63, 3.8) is 0 Å². The number of nitro groups is 1. The van der Waals surface area contributed by atoms with Gasteiger partial charge < -0.3 is 10.1 Å². The third kappa shape index (κ3) is 5.50. The molecule has 4 aromatic rings. The van der Waals surface area contributed by atoms with Crippen molar-refractivity contribution in [2.24, 2.45) is 0 Å². The number of aromatic nitrogens is 2. The Morgan fingerprint density at radius 3 is 2.03 bits per heavy atom. The van der Waals surface area contributed by atoms with Crippen molar-refractivity contribution < 1.29 is 14.5 Å². The highest BCUT2D eigenvalue weighted by molar-refractivity contribution is 5.90. The number of nitrogens with one attached hydrogen (secondary N) is 2. The Morgan fingerprint density at radius 1 is 0.914 bits per heavy atom. The molecule has 0 aliphatic heterocycles. The van der Waals surface area contributed by atoms with Gasteiger partial charge in [0.05, 0.1) is 28.5 Å². The van der Waals surface area contributed by atoms with Crippen LogP contribution in [-0.2, 0) is 4.74 Å². The summed E-state index contributed by atoms with van der Waals surface area (Å²) in [4.78, 5) is 31.6. The van der Waals surface area contributed by atoms with Gasteiger partial charge in [0, 0.05) is 5.69 Å². The van der Waals surface area contributed by atoms with E-state index in [0.29, 0.717) is 11.3 Å². The summed E-state index contributed by atoms with van der Waals surface area (Å²) in [5, 5.41) is 16.7. The monoisotopic (exact) mass is 470 g/mol. The van der Waals surface area contributed by atoms with Crippen molar-refractivity contribution in [3.05, 3.63) is 107 Å². The molecule has 10 nitrogen and oxygen atoms in total. The number of hydrogen-bond acceptors (Lipinski definition) is 9. The fourth-order valence-electron chi connectivity index (χ4n) is 3.30. The number of rotatable bonds is 9. The molecular weight excluding hydrogens is 448 g/mol. The lowest BCUT2D eigenvalue weighted by Gasteiger charge is -2.26. The number of nitrogens with zero attached hydrogens (tertiary/aromatic N) is 4. The topological polar surface area (TPSA) is 123 Å². The van der Waals surface area contributed by atoms with E-state index in [0.717, 1.165) is 11.4 Å². The molecule has 2 N–H and O–H groups in total. The number of para-hydroxylation sites is 2. The predicted molar refractivity (Wildman–Crippen MR) is 133 cm³/mol. The number of carbonyl (C=O) groups excluding carboxylic acids is 1. The molecule has 0 bridgehead atoms. The van der Waals surface area contributed by atoms with Gasteiger partial charge in [0.15, 0.2) is 0 Å². The highest BCUT2D eigenvalue weighted by Crippen LogP contribution is 2.34. The van der Waals surface area contributed by atoms with Gasteiger partial charge in [-0.2, -0.15) is 0 Å². The molecule has 1 heterocycles. The number of hydrogen-bond donors (Lipinski definition) is 2. The van der Waals surface area contributed by atoms with Gasteiger partial charge in [0.2, 0.25) is 11.6 Å². The second-order valence-corrected chi connectivity index (χ2v) is 7.22. The molecule has 4 rings (SSSR count). The quantitative estimate of drug-likeness (QED) is 0.186. The molecule has 176 valence electrons. The van der Waals surface area contributed by atoms with E-state index in [9.17, 15) is 14.9 Å². The van der Waals surface area contributed by atoms with Crippen LogP contribution in [0.25, 0.3) is 0 Å². The number of benzene rings is 3. The zero-order chi connectivity index (χ0) is 24.6. The Balaban J connectivity index is 1.66. The molecule has 0 radical (unpaired) electrons. The summed E-state index contributed by atoms with van der Waals surface area (Å²) in [7, 11) is 0. The molecule has 0 saturated heterocycles. The molecule has 0 amide bonds. The number of carbonyl (C=O) groups is 1. The fraction of sp³-hybridized carbons (Fsp3) is 0.0800. The van der Waals surface area contributed by atoms with Gasteiger partial charge >= 0.3 is 11.7 Å². The van der Waals surface area contributed by atoms with E-state index in [4.69, 9.17) is 4.74 Å². The summed E-state index contributed by atoms with van der Waals surface area (Å²) in [5.74, 6) is -0.443. The minimum Gasteiger partial charge on any atom is -0.462 e. The average Bonchev–Trinajstić information content (AvgIpc) is 2.89. The van der Waals surface area contributed by atoms with Crippen LogP contribution >= 0.6 is 0 Å². The Kier molecular flexibility index (Phi) is 7.12. The summed E-state index contributed by atoms with van der Waals surface area (Å²) in [6.45, 7) is 2.00. The summed E-state index contributed by atoms with van der Waals surface area (Å²) in [6, 6.07) is 25.1. The van der Waals surface area contributed by atoms with E-state index in [-0.39, 0.29) is 23.9 Å². The first-order chi connectivity index (χ1) is 17.1. The first kappa shape index (κ1) is 23.2. The molecule has 0 aliphatic carbocycles. The Hall–Kier alpha value is -4.99. The normalized spacial score (nSPS) is 10.3. The first-order valence-electron chi connectivity index (χ1n) is 10.8. The number of ether oxygens (including phenoxy) is 1. The maximum Gasteiger partial charge on any atom is 0.355 e. The second kappa shape index (κ2) is 10.8. The van der Waals surface area contributed by atoms with E-state index < -0.39 is 10.9 Å². The molecule has 10 heteroatoms. The van der Waals surface area contributed by atoms with E-state index in [1.165, 1.54) is 6.33 Å². The van der Waals surface area contributed by atoms with Crippen molar-refractivity contribution in [3.8, 4) is 0 Å². The average molecular weight is 470 g/mol. The number of hydrazine groups is 1. The molecule has 1 aromatic heterocycles. The second-order valence-electron chi connectivity index (χ2n) is 7.22. The van der Waals surface area contributed by atoms with Gasteiger partial charge in [-0.05, 0) is 55.5 Å². The summed E-state index contributed by atoms with van der Waals surface area (Å²) >= 11 is 0. The molecular formula is C25H22N6O4. The fourth-order valence-corrected chi connectivity index (χ4v) is 3.30. The standard InChI is InChI=1S/C25H22N6O4/c1-2-35-25(32)18-13-15-19(16-14-18)28-23-22(31(33)34)24(27-17-26-23)29-30(20-9-5-3-6-10-20)21-11-7-4-8-12-21/h3-17H,2H2,1H3,(H2,26,27,28,29).